The first-order valence-corrected chi connectivity index (χ1v) is 8.90. The number of aliphatic carboxylic acids is 2. The molecule has 0 spiro atoms. The Morgan fingerprint density at radius 1 is 0.960 bits per heavy atom. The predicted molar refractivity (Wildman–Crippen MR) is 97.3 cm³/mol. The van der Waals surface area contributed by atoms with Crippen molar-refractivity contribution in [3.63, 3.8) is 0 Å². The third kappa shape index (κ3) is 5.76. The highest BCUT2D eigenvalue weighted by Gasteiger charge is 2.32. The smallest absolute Gasteiger partial charge is 0.311 e. The minimum atomic E-state index is -0.948. The molecule has 0 aromatic heterocycles. The molecular formula is C20H30O5. The van der Waals surface area contributed by atoms with Gasteiger partial charge >= 0.3 is 11.9 Å². The zero-order valence-corrected chi connectivity index (χ0v) is 15.8. The Balaban J connectivity index is 3.57. The van der Waals surface area contributed by atoms with E-state index >= 15 is 0 Å². The summed E-state index contributed by atoms with van der Waals surface area (Å²) in [6, 6.07) is 5.20. The molecule has 0 saturated heterocycles. The number of hydrogen-bond donors (Lipinski definition) is 2. The normalized spacial score (nSPS) is 13.7. The Morgan fingerprint density at radius 2 is 1.48 bits per heavy atom. The van der Waals surface area contributed by atoms with E-state index in [4.69, 9.17) is 4.74 Å². The maximum atomic E-state index is 12.0. The second kappa shape index (κ2) is 9.44. The molecule has 0 fully saturated rings. The van der Waals surface area contributed by atoms with Crippen molar-refractivity contribution in [1.82, 2.24) is 0 Å². The minimum absolute atomic E-state index is 0.164. The second-order valence-corrected chi connectivity index (χ2v) is 7.23. The van der Waals surface area contributed by atoms with Crippen LogP contribution in [0.3, 0.4) is 0 Å². The molecule has 0 aliphatic carbocycles. The van der Waals surface area contributed by atoms with Crippen LogP contribution in [-0.2, 0) is 9.59 Å². The SMILES string of the molecule is CCOc1cccc(C(CC(C)C)C(=O)O)c1C(CC(C)C)C(=O)O. The fraction of sp³-hybridized carbons (Fsp3) is 0.600. The van der Waals surface area contributed by atoms with Crippen molar-refractivity contribution in [2.75, 3.05) is 6.61 Å². The van der Waals surface area contributed by atoms with E-state index in [9.17, 15) is 19.8 Å². The molecule has 5 nitrogen and oxygen atoms in total. The van der Waals surface area contributed by atoms with Crippen LogP contribution in [0.2, 0.25) is 0 Å². The Hall–Kier alpha value is -2.04. The highest BCUT2D eigenvalue weighted by atomic mass is 16.5. The summed E-state index contributed by atoms with van der Waals surface area (Å²) in [6.45, 7) is 10.1. The van der Waals surface area contributed by atoms with E-state index in [1.54, 1.807) is 18.2 Å². The van der Waals surface area contributed by atoms with Crippen LogP contribution in [0.1, 0.15) is 70.4 Å². The van der Waals surface area contributed by atoms with Crippen molar-refractivity contribution in [1.29, 1.82) is 0 Å². The van der Waals surface area contributed by atoms with E-state index in [1.165, 1.54) is 0 Å². The lowest BCUT2D eigenvalue weighted by Gasteiger charge is -2.25. The minimum Gasteiger partial charge on any atom is -0.494 e. The van der Waals surface area contributed by atoms with Gasteiger partial charge in [0.2, 0.25) is 0 Å². The zero-order valence-electron chi connectivity index (χ0n) is 15.8. The van der Waals surface area contributed by atoms with Crippen molar-refractivity contribution in [3.8, 4) is 5.75 Å². The molecule has 2 unspecified atom stereocenters. The van der Waals surface area contributed by atoms with E-state index in [0.29, 0.717) is 36.3 Å². The van der Waals surface area contributed by atoms with E-state index < -0.39 is 23.8 Å². The van der Waals surface area contributed by atoms with Gasteiger partial charge in [-0.2, -0.15) is 0 Å². The molecule has 0 heterocycles. The van der Waals surface area contributed by atoms with E-state index in [0.717, 1.165) is 0 Å². The van der Waals surface area contributed by atoms with Gasteiger partial charge in [-0.3, -0.25) is 9.59 Å². The van der Waals surface area contributed by atoms with Gasteiger partial charge in [0.25, 0.3) is 0 Å². The van der Waals surface area contributed by atoms with Crippen LogP contribution in [0.15, 0.2) is 18.2 Å². The molecule has 0 amide bonds. The van der Waals surface area contributed by atoms with Gasteiger partial charge in [0.05, 0.1) is 18.4 Å². The summed E-state index contributed by atoms with van der Waals surface area (Å²) < 4.78 is 5.67. The van der Waals surface area contributed by atoms with Gasteiger partial charge in [0, 0.05) is 5.56 Å². The summed E-state index contributed by atoms with van der Waals surface area (Å²) >= 11 is 0. The van der Waals surface area contributed by atoms with Gasteiger partial charge in [-0.25, -0.2) is 0 Å². The van der Waals surface area contributed by atoms with E-state index in [2.05, 4.69) is 0 Å². The van der Waals surface area contributed by atoms with Crippen molar-refractivity contribution in [2.45, 2.75) is 59.3 Å². The van der Waals surface area contributed by atoms with Gasteiger partial charge in [0.1, 0.15) is 5.75 Å². The quantitative estimate of drug-likeness (QED) is 0.648. The van der Waals surface area contributed by atoms with E-state index in [1.807, 2.05) is 34.6 Å². The Labute approximate surface area is 150 Å². The number of carboxylic acid groups (broad SMARTS) is 2. The molecule has 1 rings (SSSR count). The van der Waals surface area contributed by atoms with Crippen LogP contribution in [0.25, 0.3) is 0 Å². The van der Waals surface area contributed by atoms with Crippen molar-refractivity contribution in [2.24, 2.45) is 11.8 Å². The zero-order chi connectivity index (χ0) is 19.1. The standard InChI is InChI=1S/C20H30O5/c1-6-25-17-9-7-8-14(15(19(21)22)10-12(2)3)18(17)16(20(23)24)11-13(4)5/h7-9,12-13,15-16H,6,10-11H2,1-5H3,(H,21,22)(H,23,24). The topological polar surface area (TPSA) is 83.8 Å². The lowest BCUT2D eigenvalue weighted by molar-refractivity contribution is -0.140. The van der Waals surface area contributed by atoms with Gasteiger partial charge < -0.3 is 14.9 Å². The first-order chi connectivity index (χ1) is 11.7. The summed E-state index contributed by atoms with van der Waals surface area (Å²) in [7, 11) is 0. The molecule has 2 N–H and O–H groups in total. The maximum absolute atomic E-state index is 12.0. The van der Waals surface area contributed by atoms with Crippen LogP contribution in [0.5, 0.6) is 5.75 Å². The number of ether oxygens (including phenoxy) is 1. The highest BCUT2D eigenvalue weighted by Crippen LogP contribution is 2.39. The molecule has 0 aliphatic rings. The van der Waals surface area contributed by atoms with Gasteiger partial charge in [-0.15, -0.1) is 0 Å². The summed E-state index contributed by atoms with van der Waals surface area (Å²) in [5.41, 5.74) is 1.07. The van der Waals surface area contributed by atoms with Crippen LogP contribution in [-0.4, -0.2) is 28.8 Å². The molecule has 0 aliphatic heterocycles. The number of rotatable bonds is 10. The first kappa shape index (κ1) is 21.0. The monoisotopic (exact) mass is 350 g/mol. The van der Waals surface area contributed by atoms with Crippen molar-refractivity contribution in [3.05, 3.63) is 29.3 Å². The first-order valence-electron chi connectivity index (χ1n) is 8.90. The summed E-state index contributed by atoms with van der Waals surface area (Å²) in [5, 5.41) is 19.5. The third-order valence-electron chi connectivity index (χ3n) is 4.13. The van der Waals surface area contributed by atoms with Gasteiger partial charge in [-0.1, -0.05) is 39.8 Å². The van der Waals surface area contributed by atoms with Crippen LogP contribution >= 0.6 is 0 Å². The molecule has 1 aromatic carbocycles. The number of benzene rings is 1. The fourth-order valence-corrected chi connectivity index (χ4v) is 3.16. The maximum Gasteiger partial charge on any atom is 0.311 e. The van der Waals surface area contributed by atoms with Crippen molar-refractivity contribution >= 4 is 11.9 Å². The molecule has 0 bridgehead atoms. The fourth-order valence-electron chi connectivity index (χ4n) is 3.16. The summed E-state index contributed by atoms with van der Waals surface area (Å²) in [4.78, 5) is 23.8. The largest absolute Gasteiger partial charge is 0.494 e. The predicted octanol–water partition coefficient (Wildman–Crippen LogP) is 4.51. The summed E-state index contributed by atoms with van der Waals surface area (Å²) in [5.74, 6) is -2.60. The lowest BCUT2D eigenvalue weighted by Crippen LogP contribution is -2.22. The van der Waals surface area contributed by atoms with Gasteiger partial charge in [0.15, 0.2) is 0 Å². The van der Waals surface area contributed by atoms with Gasteiger partial charge in [-0.05, 0) is 43.2 Å². The third-order valence-corrected chi connectivity index (χ3v) is 4.13. The Kier molecular flexibility index (Phi) is 7.94. The molecule has 1 aromatic rings. The number of carboxylic acids is 2. The Bertz CT molecular complexity index is 592. The number of carbonyl (C=O) groups is 2. The number of hydrogen-bond acceptors (Lipinski definition) is 3. The van der Waals surface area contributed by atoms with Crippen LogP contribution < -0.4 is 4.74 Å². The lowest BCUT2D eigenvalue weighted by atomic mass is 9.80. The molecule has 0 radical (unpaired) electrons. The van der Waals surface area contributed by atoms with Crippen LogP contribution in [0.4, 0.5) is 0 Å². The van der Waals surface area contributed by atoms with Crippen LogP contribution in [0, 0.1) is 11.8 Å². The highest BCUT2D eigenvalue weighted by molar-refractivity contribution is 5.82. The Morgan fingerprint density at radius 3 is 1.92 bits per heavy atom. The van der Waals surface area contributed by atoms with E-state index in [-0.39, 0.29) is 11.8 Å². The molecule has 5 heteroatoms. The molecule has 0 saturated carbocycles. The summed E-state index contributed by atoms with van der Waals surface area (Å²) in [6.07, 6.45) is 0.881. The average Bonchev–Trinajstić information content (AvgIpc) is 2.50. The van der Waals surface area contributed by atoms with Crippen molar-refractivity contribution < 1.29 is 24.5 Å². The molecule has 25 heavy (non-hydrogen) atoms. The average molecular weight is 350 g/mol. The molecular weight excluding hydrogens is 320 g/mol. The second-order valence-electron chi connectivity index (χ2n) is 7.23. The molecule has 2 atom stereocenters. The molecule has 140 valence electrons.